The minimum Gasteiger partial charge on any atom is -0.480 e. The van der Waals surface area contributed by atoms with E-state index in [0.29, 0.717) is 5.69 Å². The normalized spacial score (nSPS) is 12.0. The smallest absolute Gasteiger partial charge is 0.326 e. The molecule has 1 unspecified atom stereocenters. The van der Waals surface area contributed by atoms with Crippen molar-refractivity contribution in [1.29, 1.82) is 0 Å². The summed E-state index contributed by atoms with van der Waals surface area (Å²) in [6.45, 7) is 3.30. The topological polar surface area (TPSA) is 88.3 Å². The zero-order valence-electron chi connectivity index (χ0n) is 12.7. The average molecular weight is 302 g/mol. The average Bonchev–Trinajstić information content (AvgIpc) is 2.87. The van der Waals surface area contributed by atoms with E-state index in [9.17, 15) is 9.59 Å². The van der Waals surface area contributed by atoms with Gasteiger partial charge >= 0.3 is 5.97 Å². The van der Waals surface area contributed by atoms with Crippen molar-refractivity contribution in [2.24, 2.45) is 0 Å². The number of benzene rings is 1. The molecule has 22 heavy (non-hydrogen) atoms. The second kappa shape index (κ2) is 6.38. The predicted molar refractivity (Wildman–Crippen MR) is 79.7 cm³/mol. The highest BCUT2D eigenvalue weighted by Crippen LogP contribution is 2.13. The monoisotopic (exact) mass is 302 g/mol. The number of para-hydroxylation sites is 1. The molecule has 1 heterocycles. The molecule has 116 valence electrons. The summed E-state index contributed by atoms with van der Waals surface area (Å²) in [5.41, 5.74) is 2.16. The standard InChI is InChI=1S/C15H18N4O3/c1-10-13(9-14(20)18(3)11(2)15(21)22)16-17-19(10)12-7-5-4-6-8-12/h4-8,11H,9H2,1-3H3,(H,21,22). The van der Waals surface area contributed by atoms with Crippen molar-refractivity contribution in [3.05, 3.63) is 41.7 Å². The molecule has 7 nitrogen and oxygen atoms in total. The molecule has 0 saturated heterocycles. The van der Waals surface area contributed by atoms with Crippen LogP contribution in [0.2, 0.25) is 0 Å². The summed E-state index contributed by atoms with van der Waals surface area (Å²) in [6, 6.07) is 8.60. The van der Waals surface area contributed by atoms with Gasteiger partial charge in [-0.2, -0.15) is 0 Å². The van der Waals surface area contributed by atoms with Crippen LogP contribution in [0.3, 0.4) is 0 Å². The van der Waals surface area contributed by atoms with E-state index < -0.39 is 12.0 Å². The lowest BCUT2D eigenvalue weighted by Gasteiger charge is -2.21. The molecular formula is C15H18N4O3. The van der Waals surface area contributed by atoms with E-state index in [4.69, 9.17) is 5.11 Å². The first-order valence-electron chi connectivity index (χ1n) is 6.87. The Morgan fingerprint density at radius 1 is 1.32 bits per heavy atom. The maximum absolute atomic E-state index is 12.1. The van der Waals surface area contributed by atoms with Crippen LogP contribution in [-0.4, -0.2) is 50.0 Å². The molecule has 0 radical (unpaired) electrons. The number of aromatic nitrogens is 3. The Labute approximate surface area is 128 Å². The highest BCUT2D eigenvalue weighted by atomic mass is 16.4. The molecule has 1 aromatic heterocycles. The van der Waals surface area contributed by atoms with Gasteiger partial charge in [0.2, 0.25) is 5.91 Å². The largest absolute Gasteiger partial charge is 0.480 e. The number of hydrogen-bond acceptors (Lipinski definition) is 4. The zero-order valence-corrected chi connectivity index (χ0v) is 12.7. The molecule has 0 aliphatic rings. The summed E-state index contributed by atoms with van der Waals surface area (Å²) in [7, 11) is 1.47. The van der Waals surface area contributed by atoms with Crippen molar-refractivity contribution < 1.29 is 14.7 Å². The molecular weight excluding hydrogens is 284 g/mol. The first-order chi connectivity index (χ1) is 10.4. The van der Waals surface area contributed by atoms with E-state index in [1.807, 2.05) is 37.3 Å². The molecule has 0 aliphatic carbocycles. The van der Waals surface area contributed by atoms with Gasteiger partial charge in [0.05, 0.1) is 23.5 Å². The Bertz CT molecular complexity index is 681. The highest BCUT2D eigenvalue weighted by Gasteiger charge is 2.23. The van der Waals surface area contributed by atoms with Crippen LogP contribution in [0.4, 0.5) is 0 Å². The van der Waals surface area contributed by atoms with Gasteiger partial charge in [-0.15, -0.1) is 5.10 Å². The molecule has 2 rings (SSSR count). The van der Waals surface area contributed by atoms with Gasteiger partial charge in [-0.25, -0.2) is 9.48 Å². The third-order valence-corrected chi connectivity index (χ3v) is 3.64. The number of aliphatic carboxylic acids is 1. The van der Waals surface area contributed by atoms with E-state index >= 15 is 0 Å². The fourth-order valence-electron chi connectivity index (χ4n) is 1.99. The van der Waals surface area contributed by atoms with E-state index in [1.54, 1.807) is 4.68 Å². The lowest BCUT2D eigenvalue weighted by molar-refractivity contribution is -0.148. The molecule has 1 aromatic carbocycles. The number of carboxylic acids is 1. The first kappa shape index (κ1) is 15.7. The van der Waals surface area contributed by atoms with Gasteiger partial charge in [-0.1, -0.05) is 23.4 Å². The highest BCUT2D eigenvalue weighted by molar-refractivity contribution is 5.84. The molecule has 7 heteroatoms. The number of likely N-dealkylation sites (N-methyl/N-ethyl adjacent to an activating group) is 1. The predicted octanol–water partition coefficient (Wildman–Crippen LogP) is 1.05. The second-order valence-electron chi connectivity index (χ2n) is 5.06. The Morgan fingerprint density at radius 3 is 2.55 bits per heavy atom. The molecule has 0 fully saturated rings. The number of carboxylic acid groups (broad SMARTS) is 1. The summed E-state index contributed by atoms with van der Waals surface area (Å²) in [6.07, 6.45) is 0.0206. The van der Waals surface area contributed by atoms with E-state index in [1.165, 1.54) is 18.9 Å². The third kappa shape index (κ3) is 3.13. The van der Waals surface area contributed by atoms with Gasteiger partial charge in [0.1, 0.15) is 6.04 Å². The fourth-order valence-corrected chi connectivity index (χ4v) is 1.99. The van der Waals surface area contributed by atoms with Gasteiger partial charge in [-0.3, -0.25) is 4.79 Å². The van der Waals surface area contributed by atoms with E-state index in [-0.39, 0.29) is 12.3 Å². The van der Waals surface area contributed by atoms with Gasteiger partial charge in [0.15, 0.2) is 0 Å². The van der Waals surface area contributed by atoms with Crippen LogP contribution in [-0.2, 0) is 16.0 Å². The van der Waals surface area contributed by atoms with Crippen molar-refractivity contribution in [3.8, 4) is 5.69 Å². The van der Waals surface area contributed by atoms with Gasteiger partial charge in [0, 0.05) is 7.05 Å². The Kier molecular flexibility index (Phi) is 4.55. The SMILES string of the molecule is Cc1c(CC(=O)N(C)C(C)C(=O)O)nnn1-c1ccccc1. The molecule has 0 spiro atoms. The molecule has 0 aliphatic heterocycles. The van der Waals surface area contributed by atoms with Crippen LogP contribution in [0.25, 0.3) is 5.69 Å². The lowest BCUT2D eigenvalue weighted by atomic mass is 10.2. The number of carbonyl (C=O) groups is 2. The fraction of sp³-hybridized carbons (Fsp3) is 0.333. The van der Waals surface area contributed by atoms with Crippen molar-refractivity contribution in [2.45, 2.75) is 26.3 Å². The van der Waals surface area contributed by atoms with Gasteiger partial charge in [0.25, 0.3) is 0 Å². The maximum atomic E-state index is 12.1. The molecule has 1 N–H and O–H groups in total. The summed E-state index contributed by atoms with van der Waals surface area (Å²) in [4.78, 5) is 24.3. The van der Waals surface area contributed by atoms with Crippen molar-refractivity contribution in [2.75, 3.05) is 7.05 Å². The summed E-state index contributed by atoms with van der Waals surface area (Å²) < 4.78 is 1.66. The summed E-state index contributed by atoms with van der Waals surface area (Å²) in [5.74, 6) is -1.35. The first-order valence-corrected chi connectivity index (χ1v) is 6.87. The molecule has 0 bridgehead atoms. The molecule has 2 aromatic rings. The lowest BCUT2D eigenvalue weighted by Crippen LogP contribution is -2.41. The molecule has 1 amide bonds. The van der Waals surface area contributed by atoms with Gasteiger partial charge < -0.3 is 10.0 Å². The quantitative estimate of drug-likeness (QED) is 0.892. The maximum Gasteiger partial charge on any atom is 0.326 e. The van der Waals surface area contributed by atoms with Gasteiger partial charge in [-0.05, 0) is 26.0 Å². The Hall–Kier alpha value is -2.70. The molecule has 0 saturated carbocycles. The number of nitrogens with zero attached hydrogens (tertiary/aromatic N) is 4. The minimum absolute atomic E-state index is 0.0206. The van der Waals surface area contributed by atoms with Crippen LogP contribution < -0.4 is 0 Å². The number of hydrogen-bond donors (Lipinski definition) is 1. The number of rotatable bonds is 5. The van der Waals surface area contributed by atoms with Crippen molar-refractivity contribution in [1.82, 2.24) is 19.9 Å². The zero-order chi connectivity index (χ0) is 16.3. The third-order valence-electron chi connectivity index (χ3n) is 3.64. The van der Waals surface area contributed by atoms with Crippen LogP contribution >= 0.6 is 0 Å². The summed E-state index contributed by atoms with van der Waals surface area (Å²) in [5, 5.41) is 17.0. The Balaban J connectivity index is 2.17. The Morgan fingerprint density at radius 2 is 1.95 bits per heavy atom. The van der Waals surface area contributed by atoms with Crippen LogP contribution in [0.15, 0.2) is 30.3 Å². The summed E-state index contributed by atoms with van der Waals surface area (Å²) >= 11 is 0. The van der Waals surface area contributed by atoms with Crippen molar-refractivity contribution >= 4 is 11.9 Å². The molecule has 1 atom stereocenters. The number of carbonyl (C=O) groups excluding carboxylic acids is 1. The van der Waals surface area contributed by atoms with Crippen molar-refractivity contribution in [3.63, 3.8) is 0 Å². The van der Waals surface area contributed by atoms with E-state index in [2.05, 4.69) is 10.3 Å². The van der Waals surface area contributed by atoms with Crippen LogP contribution in [0.5, 0.6) is 0 Å². The van der Waals surface area contributed by atoms with Crippen LogP contribution in [0.1, 0.15) is 18.3 Å². The second-order valence-corrected chi connectivity index (χ2v) is 5.06. The number of amides is 1. The van der Waals surface area contributed by atoms with Crippen LogP contribution in [0, 0.1) is 6.92 Å². The minimum atomic E-state index is -1.04. The van der Waals surface area contributed by atoms with E-state index in [0.717, 1.165) is 11.4 Å².